The molecule has 0 bridgehead atoms. The molecule has 9 heavy (non-hydrogen) atoms. The minimum atomic E-state index is 1.24. The summed E-state index contributed by atoms with van der Waals surface area (Å²) in [7, 11) is 0. The van der Waals surface area contributed by atoms with Gasteiger partial charge in [-0.1, -0.05) is 38.0 Å². The Kier molecular flexibility index (Phi) is 2.56. The summed E-state index contributed by atoms with van der Waals surface area (Å²) in [6, 6.07) is 0. The van der Waals surface area contributed by atoms with Gasteiger partial charge in [0.2, 0.25) is 0 Å². The van der Waals surface area contributed by atoms with Crippen LogP contribution in [0.4, 0.5) is 0 Å². The van der Waals surface area contributed by atoms with Crippen LogP contribution in [-0.4, -0.2) is 0 Å². The van der Waals surface area contributed by atoms with Crippen LogP contribution >= 0.6 is 0 Å². The van der Waals surface area contributed by atoms with Crippen molar-refractivity contribution in [1.82, 2.24) is 0 Å². The molecule has 0 aromatic carbocycles. The number of hydrogen-bond acceptors (Lipinski definition) is 0. The maximum atomic E-state index is 2.28. The van der Waals surface area contributed by atoms with Crippen molar-refractivity contribution < 1.29 is 0 Å². The highest BCUT2D eigenvalue weighted by atomic mass is 14.0. The SMILES string of the molecule is CCCCC=CC1=CC1. The molecule has 0 N–H and O–H groups in total. The maximum Gasteiger partial charge on any atom is -0.00947 e. The van der Waals surface area contributed by atoms with Gasteiger partial charge in [-0.15, -0.1) is 0 Å². The zero-order valence-electron chi connectivity index (χ0n) is 6.06. The molecule has 0 amide bonds. The first-order valence-electron chi connectivity index (χ1n) is 3.79. The molecule has 0 aliphatic heterocycles. The van der Waals surface area contributed by atoms with Gasteiger partial charge in [-0.3, -0.25) is 0 Å². The molecule has 0 aromatic rings. The predicted octanol–water partition coefficient (Wildman–Crippen LogP) is 3.06. The largest absolute Gasteiger partial charge is 0.0843 e. The van der Waals surface area contributed by atoms with E-state index in [9.17, 15) is 0 Å². The van der Waals surface area contributed by atoms with E-state index < -0.39 is 0 Å². The van der Waals surface area contributed by atoms with Gasteiger partial charge in [0, 0.05) is 0 Å². The Morgan fingerprint density at radius 1 is 1.67 bits per heavy atom. The molecule has 0 saturated carbocycles. The zero-order chi connectivity index (χ0) is 6.53. The third kappa shape index (κ3) is 3.12. The van der Waals surface area contributed by atoms with Crippen LogP contribution in [-0.2, 0) is 0 Å². The van der Waals surface area contributed by atoms with E-state index in [0.29, 0.717) is 0 Å². The van der Waals surface area contributed by atoms with E-state index in [2.05, 4.69) is 25.2 Å². The molecule has 1 aliphatic carbocycles. The maximum absolute atomic E-state index is 2.28. The summed E-state index contributed by atoms with van der Waals surface area (Å²) in [5.74, 6) is 0. The topological polar surface area (TPSA) is 0 Å². The molecule has 0 spiro atoms. The average molecular weight is 122 g/mol. The summed E-state index contributed by atoms with van der Waals surface area (Å²) >= 11 is 0. The van der Waals surface area contributed by atoms with Crippen LogP contribution < -0.4 is 0 Å². The van der Waals surface area contributed by atoms with Crippen molar-refractivity contribution in [3.05, 3.63) is 23.8 Å². The van der Waals surface area contributed by atoms with Crippen LogP contribution in [0.1, 0.15) is 32.6 Å². The highest BCUT2D eigenvalue weighted by molar-refractivity contribution is 5.33. The van der Waals surface area contributed by atoms with E-state index in [-0.39, 0.29) is 0 Å². The summed E-state index contributed by atoms with van der Waals surface area (Å²) in [6.45, 7) is 2.23. The second-order valence-electron chi connectivity index (χ2n) is 2.53. The van der Waals surface area contributed by atoms with Crippen LogP contribution in [0.2, 0.25) is 0 Å². The lowest BCUT2D eigenvalue weighted by Crippen LogP contribution is -1.65. The van der Waals surface area contributed by atoms with Gasteiger partial charge in [0.1, 0.15) is 0 Å². The highest BCUT2D eigenvalue weighted by Gasteiger charge is 1.99. The molecule has 50 valence electrons. The predicted molar refractivity (Wildman–Crippen MR) is 41.4 cm³/mol. The lowest BCUT2D eigenvalue weighted by Gasteiger charge is -1.85. The lowest BCUT2D eigenvalue weighted by atomic mass is 10.2. The van der Waals surface area contributed by atoms with Crippen molar-refractivity contribution in [3.8, 4) is 0 Å². The number of allylic oxidation sites excluding steroid dienone is 4. The Bertz CT molecular complexity index is 129. The fourth-order valence-corrected chi connectivity index (χ4v) is 0.752. The monoisotopic (exact) mass is 122 g/mol. The molecule has 0 saturated heterocycles. The third-order valence-electron chi connectivity index (χ3n) is 1.50. The van der Waals surface area contributed by atoms with Gasteiger partial charge >= 0.3 is 0 Å². The van der Waals surface area contributed by atoms with Crippen molar-refractivity contribution in [2.45, 2.75) is 32.6 Å². The Labute approximate surface area is 57.3 Å². The Morgan fingerprint density at radius 2 is 2.44 bits per heavy atom. The minimum absolute atomic E-state index is 1.24. The number of hydrogen-bond donors (Lipinski definition) is 0. The van der Waals surface area contributed by atoms with Gasteiger partial charge < -0.3 is 0 Å². The van der Waals surface area contributed by atoms with Crippen molar-refractivity contribution >= 4 is 0 Å². The summed E-state index contributed by atoms with van der Waals surface area (Å²) in [6.07, 6.45) is 11.9. The number of rotatable bonds is 4. The smallest absolute Gasteiger partial charge is 0.00947 e. The van der Waals surface area contributed by atoms with Gasteiger partial charge in [0.15, 0.2) is 0 Å². The summed E-state index contributed by atoms with van der Waals surface area (Å²) in [5, 5.41) is 0. The van der Waals surface area contributed by atoms with E-state index in [1.807, 2.05) is 0 Å². The van der Waals surface area contributed by atoms with Gasteiger partial charge in [0.05, 0.1) is 0 Å². The van der Waals surface area contributed by atoms with Crippen LogP contribution in [0.5, 0.6) is 0 Å². The standard InChI is InChI=1S/C9H14/c1-2-3-4-5-6-9-7-8-9/h5-7H,2-4,8H2,1H3. The Morgan fingerprint density at radius 3 is 3.00 bits per heavy atom. The van der Waals surface area contributed by atoms with Crippen molar-refractivity contribution in [1.29, 1.82) is 0 Å². The second-order valence-corrected chi connectivity index (χ2v) is 2.53. The molecule has 0 atom stereocenters. The molecule has 1 aliphatic rings. The molecule has 0 nitrogen and oxygen atoms in total. The normalized spacial score (nSPS) is 16.3. The summed E-state index contributed by atoms with van der Waals surface area (Å²) in [4.78, 5) is 0. The van der Waals surface area contributed by atoms with Gasteiger partial charge in [-0.25, -0.2) is 0 Å². The van der Waals surface area contributed by atoms with E-state index in [0.717, 1.165) is 0 Å². The molecule has 0 radical (unpaired) electrons. The Balaban J connectivity index is 1.96. The fraction of sp³-hybridized carbons (Fsp3) is 0.556. The van der Waals surface area contributed by atoms with Crippen LogP contribution in [0.25, 0.3) is 0 Å². The van der Waals surface area contributed by atoms with Gasteiger partial charge in [0.25, 0.3) is 0 Å². The van der Waals surface area contributed by atoms with E-state index >= 15 is 0 Å². The number of unbranched alkanes of at least 4 members (excludes halogenated alkanes) is 2. The molecule has 1 rings (SSSR count). The fourth-order valence-electron chi connectivity index (χ4n) is 0.752. The van der Waals surface area contributed by atoms with Crippen molar-refractivity contribution in [2.24, 2.45) is 0 Å². The second kappa shape index (κ2) is 3.49. The molecule has 0 heterocycles. The quantitative estimate of drug-likeness (QED) is 0.503. The Hall–Kier alpha value is -0.520. The molecule has 0 fully saturated rings. The van der Waals surface area contributed by atoms with E-state index in [1.54, 1.807) is 0 Å². The third-order valence-corrected chi connectivity index (χ3v) is 1.50. The van der Waals surface area contributed by atoms with E-state index in [1.165, 1.54) is 31.3 Å². The van der Waals surface area contributed by atoms with Crippen molar-refractivity contribution in [2.75, 3.05) is 0 Å². The highest BCUT2D eigenvalue weighted by Crippen LogP contribution is 2.19. The first-order valence-corrected chi connectivity index (χ1v) is 3.79. The van der Waals surface area contributed by atoms with Gasteiger partial charge in [-0.2, -0.15) is 0 Å². The molecule has 0 unspecified atom stereocenters. The minimum Gasteiger partial charge on any atom is -0.0843 e. The first kappa shape index (κ1) is 6.60. The molecule has 0 aromatic heterocycles. The molecular formula is C9H14. The van der Waals surface area contributed by atoms with Gasteiger partial charge in [-0.05, 0) is 18.4 Å². The van der Waals surface area contributed by atoms with E-state index in [4.69, 9.17) is 0 Å². The lowest BCUT2D eigenvalue weighted by molar-refractivity contribution is 0.814. The summed E-state index contributed by atoms with van der Waals surface area (Å²) < 4.78 is 0. The van der Waals surface area contributed by atoms with Crippen LogP contribution in [0, 0.1) is 0 Å². The zero-order valence-corrected chi connectivity index (χ0v) is 6.06. The van der Waals surface area contributed by atoms with Crippen LogP contribution in [0.15, 0.2) is 23.8 Å². The van der Waals surface area contributed by atoms with Crippen molar-refractivity contribution in [3.63, 3.8) is 0 Å². The molecule has 0 heteroatoms. The van der Waals surface area contributed by atoms with Crippen LogP contribution in [0.3, 0.4) is 0 Å². The summed E-state index contributed by atoms with van der Waals surface area (Å²) in [5.41, 5.74) is 1.52. The first-order chi connectivity index (χ1) is 4.43. The average Bonchev–Trinajstić information content (AvgIpc) is 2.63. The molecular weight excluding hydrogens is 108 g/mol.